The van der Waals surface area contributed by atoms with Gasteiger partial charge in [-0.05, 0) is 56.6 Å². The fourth-order valence-corrected chi connectivity index (χ4v) is 3.87. The third-order valence-corrected chi connectivity index (χ3v) is 5.22. The number of amides is 1. The number of hydrogen-bond acceptors (Lipinski definition) is 5. The second-order valence-electron chi connectivity index (χ2n) is 7.00. The molecule has 0 bridgehead atoms. The molecule has 2 aromatic rings. The molecule has 1 aromatic heterocycles. The van der Waals surface area contributed by atoms with Crippen LogP contribution in [0.3, 0.4) is 0 Å². The summed E-state index contributed by atoms with van der Waals surface area (Å²) in [5.74, 6) is 0.694. The number of aryl methyl sites for hydroxylation is 1. The van der Waals surface area contributed by atoms with Crippen LogP contribution in [-0.2, 0) is 4.79 Å². The van der Waals surface area contributed by atoms with Crippen molar-refractivity contribution in [1.82, 2.24) is 15.4 Å². The molecule has 142 valence electrons. The van der Waals surface area contributed by atoms with E-state index in [1.165, 1.54) is 0 Å². The van der Waals surface area contributed by atoms with Crippen molar-refractivity contribution in [3.8, 4) is 6.07 Å². The maximum absolute atomic E-state index is 13.2. The van der Waals surface area contributed by atoms with E-state index in [1.807, 2.05) is 17.9 Å². The van der Waals surface area contributed by atoms with E-state index in [2.05, 4.69) is 21.9 Å². The maximum atomic E-state index is 13.2. The largest absolute Gasteiger partial charge is 0.360 e. The summed E-state index contributed by atoms with van der Waals surface area (Å²) in [4.78, 5) is 15.2. The van der Waals surface area contributed by atoms with Crippen LogP contribution in [0.1, 0.15) is 42.7 Å². The molecule has 1 aromatic carbocycles. The van der Waals surface area contributed by atoms with Crippen molar-refractivity contribution in [2.45, 2.75) is 38.8 Å². The Balaban J connectivity index is 1.75. The molecule has 0 radical (unpaired) electrons. The Morgan fingerprint density at radius 1 is 1.39 bits per heavy atom. The minimum absolute atomic E-state index is 0.279. The van der Waals surface area contributed by atoms with Gasteiger partial charge in [-0.15, -0.1) is 0 Å². The molecular formula is C20H19N5O2S. The van der Waals surface area contributed by atoms with Gasteiger partial charge in [-0.25, -0.2) is 0 Å². The predicted molar refractivity (Wildman–Crippen MR) is 107 cm³/mol. The second-order valence-corrected chi connectivity index (χ2v) is 7.38. The number of rotatable bonds is 4. The molecule has 1 amide bonds. The quantitative estimate of drug-likeness (QED) is 0.771. The number of allylic oxidation sites excluding steroid dienone is 1. The molecule has 2 N–H and O–H groups in total. The number of nitrogens with zero attached hydrogens (tertiary/aromatic N) is 3. The van der Waals surface area contributed by atoms with E-state index in [9.17, 15) is 10.1 Å². The topological polar surface area (TPSA) is 94.2 Å². The molecule has 1 fully saturated rings. The monoisotopic (exact) mass is 393 g/mol. The van der Waals surface area contributed by atoms with E-state index in [-0.39, 0.29) is 5.91 Å². The summed E-state index contributed by atoms with van der Waals surface area (Å²) in [5.41, 5.74) is 2.70. The lowest BCUT2D eigenvalue weighted by Gasteiger charge is -2.38. The molecule has 2 aliphatic rings. The lowest BCUT2D eigenvalue weighted by Crippen LogP contribution is -2.49. The van der Waals surface area contributed by atoms with Gasteiger partial charge in [0.25, 0.3) is 5.91 Å². The molecule has 0 saturated heterocycles. The van der Waals surface area contributed by atoms with E-state index in [1.54, 1.807) is 31.2 Å². The van der Waals surface area contributed by atoms with Gasteiger partial charge in [-0.2, -0.15) is 5.26 Å². The standard InChI is InChI=1S/C20H19N5O2S/c1-11-8-16(24-27-11)22-19(26)17-12(2)25(15-6-7-15)20(28)23-18(17)14-5-3-4-13(9-14)10-21/h3-5,8-9,15,18H,6-7H2,1-2H3,(H,23,28)(H,22,24,26)/t18-/m1/s1. The summed E-state index contributed by atoms with van der Waals surface area (Å²) in [6.07, 6.45) is 2.09. The zero-order chi connectivity index (χ0) is 19.8. The van der Waals surface area contributed by atoms with Crippen LogP contribution in [0.25, 0.3) is 0 Å². The molecule has 0 unspecified atom stereocenters. The van der Waals surface area contributed by atoms with E-state index in [4.69, 9.17) is 16.7 Å². The first-order chi connectivity index (χ1) is 13.5. The van der Waals surface area contributed by atoms with Gasteiger partial charge >= 0.3 is 0 Å². The zero-order valence-corrected chi connectivity index (χ0v) is 16.3. The van der Waals surface area contributed by atoms with Crippen LogP contribution in [-0.4, -0.2) is 27.1 Å². The average molecular weight is 393 g/mol. The van der Waals surface area contributed by atoms with Crippen LogP contribution >= 0.6 is 12.2 Å². The molecule has 1 aliphatic heterocycles. The van der Waals surface area contributed by atoms with Gasteiger partial charge in [0.1, 0.15) is 5.76 Å². The van der Waals surface area contributed by atoms with Gasteiger partial charge in [0, 0.05) is 17.8 Å². The van der Waals surface area contributed by atoms with Gasteiger partial charge < -0.3 is 20.1 Å². The van der Waals surface area contributed by atoms with Crippen molar-refractivity contribution in [3.05, 3.63) is 58.5 Å². The predicted octanol–water partition coefficient (Wildman–Crippen LogP) is 3.16. The van der Waals surface area contributed by atoms with E-state index in [0.717, 1.165) is 24.1 Å². The second kappa shape index (κ2) is 7.09. The summed E-state index contributed by atoms with van der Waals surface area (Å²) in [6.45, 7) is 3.67. The normalized spacial score (nSPS) is 19.2. The molecule has 1 atom stereocenters. The number of hydrogen-bond donors (Lipinski definition) is 2. The summed E-state index contributed by atoms with van der Waals surface area (Å²) in [6, 6.07) is 10.9. The first-order valence-corrected chi connectivity index (χ1v) is 9.44. The fraction of sp³-hybridized carbons (Fsp3) is 0.300. The Morgan fingerprint density at radius 3 is 2.82 bits per heavy atom. The fourth-order valence-electron chi connectivity index (χ4n) is 3.47. The van der Waals surface area contributed by atoms with Gasteiger partial charge in [0.2, 0.25) is 0 Å². The molecule has 1 saturated carbocycles. The summed E-state index contributed by atoms with van der Waals surface area (Å²) >= 11 is 5.59. The number of anilines is 1. The molecule has 4 rings (SSSR count). The number of nitriles is 1. The van der Waals surface area contributed by atoms with E-state index >= 15 is 0 Å². The van der Waals surface area contributed by atoms with Crippen LogP contribution in [0.15, 0.2) is 46.1 Å². The molecule has 1 aliphatic carbocycles. The van der Waals surface area contributed by atoms with Gasteiger partial charge in [-0.3, -0.25) is 4.79 Å². The zero-order valence-electron chi connectivity index (χ0n) is 15.5. The number of nitrogens with one attached hydrogen (secondary N) is 2. The van der Waals surface area contributed by atoms with Crippen LogP contribution in [0.2, 0.25) is 0 Å². The smallest absolute Gasteiger partial charge is 0.257 e. The molecular weight excluding hydrogens is 374 g/mol. The molecule has 2 heterocycles. The molecule has 28 heavy (non-hydrogen) atoms. The minimum Gasteiger partial charge on any atom is -0.360 e. The van der Waals surface area contributed by atoms with E-state index < -0.39 is 6.04 Å². The highest BCUT2D eigenvalue weighted by atomic mass is 32.1. The highest BCUT2D eigenvalue weighted by molar-refractivity contribution is 7.80. The first-order valence-electron chi connectivity index (χ1n) is 9.03. The number of thiocarbonyl (C=S) groups is 1. The minimum atomic E-state index is -0.455. The highest BCUT2D eigenvalue weighted by Crippen LogP contribution is 2.38. The first kappa shape index (κ1) is 18.2. The Morgan fingerprint density at radius 2 is 2.18 bits per heavy atom. The van der Waals surface area contributed by atoms with Crippen molar-refractivity contribution in [1.29, 1.82) is 5.26 Å². The molecule has 8 heteroatoms. The van der Waals surface area contributed by atoms with E-state index in [0.29, 0.717) is 33.9 Å². The molecule has 0 spiro atoms. The highest BCUT2D eigenvalue weighted by Gasteiger charge is 2.40. The Bertz CT molecular complexity index is 1030. The molecule has 7 nitrogen and oxygen atoms in total. The number of carbonyl (C=O) groups is 1. The van der Waals surface area contributed by atoms with Crippen LogP contribution < -0.4 is 10.6 Å². The Hall–Kier alpha value is -3.18. The lowest BCUT2D eigenvalue weighted by atomic mass is 9.93. The lowest BCUT2D eigenvalue weighted by molar-refractivity contribution is -0.113. The summed E-state index contributed by atoms with van der Waals surface area (Å²) in [7, 11) is 0. The number of benzene rings is 1. The summed E-state index contributed by atoms with van der Waals surface area (Å²) < 4.78 is 5.04. The SMILES string of the molecule is CC1=C(C(=O)Nc2cc(C)on2)[C@@H](c2cccc(C#N)c2)NC(=S)N1C1CC1. The van der Waals surface area contributed by atoms with Crippen LogP contribution in [0.4, 0.5) is 5.82 Å². The third kappa shape index (κ3) is 3.37. The van der Waals surface area contributed by atoms with Gasteiger partial charge in [0.15, 0.2) is 10.9 Å². The van der Waals surface area contributed by atoms with Crippen molar-refractivity contribution in [2.24, 2.45) is 0 Å². The van der Waals surface area contributed by atoms with Crippen molar-refractivity contribution in [3.63, 3.8) is 0 Å². The summed E-state index contributed by atoms with van der Waals surface area (Å²) in [5, 5.41) is 19.8. The van der Waals surface area contributed by atoms with Crippen LogP contribution in [0, 0.1) is 18.3 Å². The van der Waals surface area contributed by atoms with Crippen molar-refractivity contribution < 1.29 is 9.32 Å². The maximum Gasteiger partial charge on any atom is 0.257 e. The number of carbonyl (C=O) groups excluding carboxylic acids is 1. The average Bonchev–Trinajstić information content (AvgIpc) is 3.42. The van der Waals surface area contributed by atoms with Crippen molar-refractivity contribution >= 4 is 29.1 Å². The number of aromatic nitrogens is 1. The third-order valence-electron chi connectivity index (χ3n) is 4.90. The Labute approximate surface area is 168 Å². The van der Waals surface area contributed by atoms with Gasteiger partial charge in [0.05, 0.1) is 23.2 Å². The van der Waals surface area contributed by atoms with Crippen molar-refractivity contribution in [2.75, 3.05) is 5.32 Å². The Kier molecular flexibility index (Phi) is 4.61. The van der Waals surface area contributed by atoms with Crippen LogP contribution in [0.5, 0.6) is 0 Å². The van der Waals surface area contributed by atoms with Gasteiger partial charge in [-0.1, -0.05) is 17.3 Å².